The Morgan fingerprint density at radius 3 is 1.79 bits per heavy atom. The van der Waals surface area contributed by atoms with Crippen LogP contribution in [0, 0.1) is 25.2 Å². The topological polar surface area (TPSA) is 86.6 Å². The van der Waals surface area contributed by atoms with E-state index in [1.165, 1.54) is 30.5 Å². The lowest BCUT2D eigenvalue weighted by atomic mass is 9.68. The highest BCUT2D eigenvalue weighted by Gasteiger charge is 2.40. The fourth-order valence-corrected chi connectivity index (χ4v) is 5.34. The molecule has 0 radical (unpaired) electrons. The number of nitrogens with one attached hydrogen (secondary N) is 1. The SMILES string of the molecule is CCC(CC)(c1ccc(CC(C)C(C)(O)C(C)(C)C)c(C)c1)c1ccc(C(=O)NC(C)(C)C(=O)O)c(C)c1. The van der Waals surface area contributed by atoms with Crippen LogP contribution in [0.3, 0.4) is 0 Å². The zero-order chi connectivity index (χ0) is 29.3. The summed E-state index contributed by atoms with van der Waals surface area (Å²) in [4.78, 5) is 24.3. The Morgan fingerprint density at radius 1 is 0.868 bits per heavy atom. The maximum Gasteiger partial charge on any atom is 0.328 e. The number of hydrogen-bond donors (Lipinski definition) is 3. The highest BCUT2D eigenvalue weighted by Crippen LogP contribution is 2.41. The summed E-state index contributed by atoms with van der Waals surface area (Å²) in [6, 6.07) is 12.6. The van der Waals surface area contributed by atoms with E-state index >= 15 is 0 Å². The van der Waals surface area contributed by atoms with E-state index in [1.807, 2.05) is 26.0 Å². The van der Waals surface area contributed by atoms with Crippen molar-refractivity contribution in [2.24, 2.45) is 11.3 Å². The average Bonchev–Trinajstić information content (AvgIpc) is 2.80. The second-order valence-corrected chi connectivity index (χ2v) is 12.8. The molecule has 0 spiro atoms. The Bertz CT molecular complexity index is 1170. The van der Waals surface area contributed by atoms with E-state index in [-0.39, 0.29) is 22.7 Å². The first-order chi connectivity index (χ1) is 17.3. The molecule has 0 aromatic heterocycles. The van der Waals surface area contributed by atoms with E-state index in [1.54, 1.807) is 0 Å². The summed E-state index contributed by atoms with van der Waals surface area (Å²) in [7, 11) is 0. The fourth-order valence-electron chi connectivity index (χ4n) is 5.34. The molecule has 1 amide bonds. The van der Waals surface area contributed by atoms with E-state index in [9.17, 15) is 19.8 Å². The summed E-state index contributed by atoms with van der Waals surface area (Å²) in [6.07, 6.45) is 2.60. The molecule has 2 aromatic carbocycles. The molecule has 0 heterocycles. The average molecular weight is 524 g/mol. The Morgan fingerprint density at radius 2 is 1.37 bits per heavy atom. The summed E-state index contributed by atoms with van der Waals surface area (Å²) in [5.41, 5.74) is 3.57. The van der Waals surface area contributed by atoms with Gasteiger partial charge in [-0.2, -0.15) is 0 Å². The number of rotatable bonds is 10. The molecule has 210 valence electrons. The number of carbonyl (C=O) groups is 2. The molecule has 0 saturated heterocycles. The van der Waals surface area contributed by atoms with Crippen molar-refractivity contribution in [1.29, 1.82) is 0 Å². The van der Waals surface area contributed by atoms with Crippen molar-refractivity contribution in [2.75, 3.05) is 0 Å². The van der Waals surface area contributed by atoms with Crippen LogP contribution in [0.15, 0.2) is 36.4 Å². The number of hydrogen-bond acceptors (Lipinski definition) is 3. The summed E-state index contributed by atoms with van der Waals surface area (Å²) >= 11 is 0. The van der Waals surface area contributed by atoms with Gasteiger partial charge in [-0.15, -0.1) is 0 Å². The molecule has 0 saturated carbocycles. The van der Waals surface area contributed by atoms with Gasteiger partial charge in [0.25, 0.3) is 5.91 Å². The van der Waals surface area contributed by atoms with Crippen molar-refractivity contribution in [2.45, 2.75) is 112 Å². The zero-order valence-electron chi connectivity index (χ0n) is 25.4. The first-order valence-corrected chi connectivity index (χ1v) is 13.8. The molecule has 0 bridgehead atoms. The van der Waals surface area contributed by atoms with Gasteiger partial charge in [0.05, 0.1) is 5.60 Å². The predicted molar refractivity (Wildman–Crippen MR) is 156 cm³/mol. The van der Waals surface area contributed by atoms with Crippen molar-refractivity contribution in [1.82, 2.24) is 5.32 Å². The molecular formula is C33H49NO4. The van der Waals surface area contributed by atoms with Crippen LogP contribution in [0.1, 0.15) is 113 Å². The van der Waals surface area contributed by atoms with E-state index < -0.39 is 17.1 Å². The summed E-state index contributed by atoms with van der Waals surface area (Å²) in [5, 5.41) is 23.2. The van der Waals surface area contributed by atoms with Crippen LogP contribution in [-0.4, -0.2) is 33.2 Å². The molecule has 2 atom stereocenters. The summed E-state index contributed by atoms with van der Waals surface area (Å²) in [6.45, 7) is 21.7. The number of aliphatic hydroxyl groups is 1. The highest BCUT2D eigenvalue weighted by molar-refractivity contribution is 5.98. The number of carboxylic acids is 1. The third kappa shape index (κ3) is 6.14. The highest BCUT2D eigenvalue weighted by atomic mass is 16.4. The second-order valence-electron chi connectivity index (χ2n) is 12.8. The molecule has 2 aromatic rings. The van der Waals surface area contributed by atoms with Gasteiger partial charge in [-0.1, -0.05) is 71.9 Å². The second kappa shape index (κ2) is 11.2. The first kappa shape index (κ1) is 31.6. The predicted octanol–water partition coefficient (Wildman–Crippen LogP) is 6.98. The number of amides is 1. The zero-order valence-corrected chi connectivity index (χ0v) is 25.4. The van der Waals surface area contributed by atoms with Gasteiger partial charge in [-0.05, 0) is 99.1 Å². The van der Waals surface area contributed by atoms with Crippen molar-refractivity contribution in [3.8, 4) is 0 Å². The van der Waals surface area contributed by atoms with E-state index in [0.29, 0.717) is 5.56 Å². The van der Waals surface area contributed by atoms with Gasteiger partial charge in [-0.3, -0.25) is 4.79 Å². The van der Waals surface area contributed by atoms with Crippen molar-refractivity contribution in [3.63, 3.8) is 0 Å². The van der Waals surface area contributed by atoms with Gasteiger partial charge in [0, 0.05) is 11.0 Å². The number of aryl methyl sites for hydroxylation is 2. The molecule has 5 nitrogen and oxygen atoms in total. The van der Waals surface area contributed by atoms with E-state index in [2.05, 4.69) is 78.0 Å². The van der Waals surface area contributed by atoms with Crippen LogP contribution in [0.2, 0.25) is 0 Å². The standard InChI is InChI=1S/C33H49NO4/c1-12-33(13-2,26-16-17-27(22(4)19-26)28(35)34-31(9,10)29(36)37)25-15-14-24(21(3)18-25)20-23(5)32(11,38)30(6,7)8/h14-19,23,38H,12-13,20H2,1-11H3,(H,34,35)(H,36,37). The normalized spacial score (nSPS) is 15.1. The minimum atomic E-state index is -1.35. The van der Waals surface area contributed by atoms with Crippen molar-refractivity contribution >= 4 is 11.9 Å². The van der Waals surface area contributed by atoms with Crippen molar-refractivity contribution in [3.05, 3.63) is 69.8 Å². The van der Waals surface area contributed by atoms with Gasteiger partial charge in [0.15, 0.2) is 0 Å². The number of benzene rings is 2. The third-order valence-electron chi connectivity index (χ3n) is 9.09. The van der Waals surface area contributed by atoms with E-state index in [4.69, 9.17) is 0 Å². The smallest absolute Gasteiger partial charge is 0.328 e. The van der Waals surface area contributed by atoms with Crippen LogP contribution >= 0.6 is 0 Å². The van der Waals surface area contributed by atoms with E-state index in [0.717, 1.165) is 30.4 Å². The Hall–Kier alpha value is -2.66. The van der Waals surface area contributed by atoms with Gasteiger partial charge in [-0.25, -0.2) is 4.79 Å². The van der Waals surface area contributed by atoms with Gasteiger partial charge < -0.3 is 15.5 Å². The Kier molecular flexibility index (Phi) is 9.31. The lowest BCUT2D eigenvalue weighted by Gasteiger charge is -2.42. The van der Waals surface area contributed by atoms with Crippen LogP contribution < -0.4 is 5.32 Å². The third-order valence-corrected chi connectivity index (χ3v) is 9.09. The summed E-state index contributed by atoms with van der Waals surface area (Å²) < 4.78 is 0. The molecular weight excluding hydrogens is 474 g/mol. The molecule has 2 rings (SSSR count). The Balaban J connectivity index is 2.44. The molecule has 3 N–H and O–H groups in total. The Labute approximate surface area is 230 Å². The first-order valence-electron chi connectivity index (χ1n) is 13.8. The lowest BCUT2D eigenvalue weighted by Crippen LogP contribution is -2.49. The lowest BCUT2D eigenvalue weighted by molar-refractivity contribution is -0.143. The largest absolute Gasteiger partial charge is 0.480 e. The molecule has 5 heteroatoms. The van der Waals surface area contributed by atoms with Crippen LogP contribution in [0.4, 0.5) is 0 Å². The summed E-state index contributed by atoms with van der Waals surface area (Å²) in [5.74, 6) is -1.37. The van der Waals surface area contributed by atoms with Crippen LogP contribution in [0.5, 0.6) is 0 Å². The monoisotopic (exact) mass is 523 g/mol. The van der Waals surface area contributed by atoms with Crippen LogP contribution in [-0.2, 0) is 16.6 Å². The molecule has 0 aliphatic carbocycles. The molecule has 0 aliphatic rings. The maximum atomic E-state index is 12.9. The quantitative estimate of drug-likeness (QED) is 0.314. The van der Waals surface area contributed by atoms with Crippen molar-refractivity contribution < 1.29 is 19.8 Å². The van der Waals surface area contributed by atoms with Crippen LogP contribution in [0.25, 0.3) is 0 Å². The molecule has 0 fully saturated rings. The van der Waals surface area contributed by atoms with Gasteiger partial charge in [0.1, 0.15) is 5.54 Å². The molecule has 38 heavy (non-hydrogen) atoms. The number of carboxylic acid groups (broad SMARTS) is 1. The maximum absolute atomic E-state index is 12.9. The van der Waals surface area contributed by atoms with Gasteiger partial charge >= 0.3 is 5.97 Å². The molecule has 2 unspecified atom stereocenters. The number of aliphatic carboxylic acids is 1. The van der Waals surface area contributed by atoms with Gasteiger partial charge in [0.2, 0.25) is 0 Å². The number of carbonyl (C=O) groups excluding carboxylic acids is 1. The minimum absolute atomic E-state index is 0.0987. The fraction of sp³-hybridized carbons (Fsp3) is 0.576. The minimum Gasteiger partial charge on any atom is -0.480 e. The molecule has 0 aliphatic heterocycles.